The normalized spacial score (nSPS) is 11.5. The van der Waals surface area contributed by atoms with Crippen molar-refractivity contribution in [3.05, 3.63) is 438 Å². The third kappa shape index (κ3) is 14.0. The van der Waals surface area contributed by atoms with Gasteiger partial charge in [-0.25, -0.2) is 0 Å². The summed E-state index contributed by atoms with van der Waals surface area (Å²) in [4.78, 5) is 53.6. The van der Waals surface area contributed by atoms with Crippen LogP contribution in [0.1, 0.15) is 69.2 Å². The lowest BCUT2D eigenvalue weighted by Gasteiger charge is -2.17. The van der Waals surface area contributed by atoms with Crippen LogP contribution in [0.3, 0.4) is 0 Å². The molecule has 0 bridgehead atoms. The van der Waals surface area contributed by atoms with Crippen molar-refractivity contribution in [3.63, 3.8) is 0 Å². The molecule has 0 aromatic heterocycles. The van der Waals surface area contributed by atoms with Crippen LogP contribution in [-0.2, 0) is 0 Å². The number of hydrogen-bond donors (Lipinski definition) is 4. The van der Waals surface area contributed by atoms with Crippen LogP contribution in [0.2, 0.25) is 0 Å². The van der Waals surface area contributed by atoms with Gasteiger partial charge in [-0.15, -0.1) is 0 Å². The zero-order chi connectivity index (χ0) is 89.4. The van der Waals surface area contributed by atoms with Crippen LogP contribution in [0.25, 0.3) is 174 Å². The number of carbonyl (C=O) groups excluding carboxylic acids is 4. The van der Waals surface area contributed by atoms with Gasteiger partial charge in [-0.1, -0.05) is 285 Å². The van der Waals surface area contributed by atoms with Crippen LogP contribution in [-0.4, -0.2) is 64.9 Å². The molecule has 0 saturated heterocycles. The molecule has 131 heavy (non-hydrogen) atoms. The van der Waals surface area contributed by atoms with Gasteiger partial charge < -0.3 is 34.6 Å². The average Bonchev–Trinajstić information content (AvgIpc) is 0.715. The molecule has 0 heterocycles. The Morgan fingerprint density at radius 1 is 0.198 bits per heavy atom. The molecule has 24 aromatic carbocycles. The number of aromatic hydroxyl groups is 4. The monoisotopic (exact) mass is 1700 g/mol. The van der Waals surface area contributed by atoms with Crippen LogP contribution < -0.4 is 14.2 Å². The third-order valence-corrected chi connectivity index (χ3v) is 25.8. The molecular weight excluding hydrogens is 1620 g/mol. The molecule has 0 atom stereocenters. The van der Waals surface area contributed by atoms with E-state index in [4.69, 9.17) is 14.2 Å². The number of phenols is 4. The molecule has 0 spiro atoms. The van der Waals surface area contributed by atoms with Crippen LogP contribution in [0.4, 0.5) is 0 Å². The highest BCUT2D eigenvalue weighted by atomic mass is 16.5. The Hall–Kier alpha value is -17.3. The highest BCUT2D eigenvalue weighted by Crippen LogP contribution is 2.49. The molecule has 0 unspecified atom stereocenters. The Morgan fingerprint density at radius 3 is 0.771 bits per heavy atom. The zero-order valence-corrected chi connectivity index (χ0v) is 71.6. The Bertz CT molecular complexity index is 8530. The summed E-state index contributed by atoms with van der Waals surface area (Å²) in [5, 5.41) is 66.9. The van der Waals surface area contributed by atoms with E-state index in [1.54, 1.807) is 118 Å². The number of benzene rings is 24. The van der Waals surface area contributed by atoms with Crippen molar-refractivity contribution < 1.29 is 53.8 Å². The lowest BCUT2D eigenvalue weighted by atomic mass is 9.86. The predicted molar refractivity (Wildman–Crippen MR) is 533 cm³/mol. The van der Waals surface area contributed by atoms with Crippen molar-refractivity contribution in [1.82, 2.24) is 0 Å². The Kier molecular flexibility index (Phi) is 20.5. The summed E-state index contributed by atoms with van der Waals surface area (Å²) in [5.74, 6) is 1.72. The first-order valence-electron chi connectivity index (χ1n) is 43.2. The number of para-hydroxylation sites is 5. The van der Waals surface area contributed by atoms with Crippen molar-refractivity contribution >= 4 is 152 Å². The Morgan fingerprint density at radius 2 is 0.443 bits per heavy atom. The molecule has 0 aliphatic rings. The number of hydrogen-bond acceptors (Lipinski definition) is 11. The van der Waals surface area contributed by atoms with Gasteiger partial charge in [0, 0.05) is 27.8 Å². The summed E-state index contributed by atoms with van der Waals surface area (Å²) >= 11 is 0. The summed E-state index contributed by atoms with van der Waals surface area (Å²) < 4.78 is 16.5. The summed E-state index contributed by atoms with van der Waals surface area (Å²) in [6.07, 6.45) is 0. The van der Waals surface area contributed by atoms with E-state index in [9.17, 15) is 39.6 Å². The topological polar surface area (TPSA) is 177 Å². The first-order chi connectivity index (χ1) is 64.1. The van der Waals surface area contributed by atoms with E-state index in [2.05, 4.69) is 171 Å². The molecule has 0 aliphatic heterocycles. The maximum absolute atomic E-state index is 13.4. The number of carbonyl (C=O) groups is 4. The highest BCUT2D eigenvalue weighted by molar-refractivity contribution is 6.35. The van der Waals surface area contributed by atoms with Gasteiger partial charge in [-0.3, -0.25) is 19.2 Å². The van der Waals surface area contributed by atoms with Crippen molar-refractivity contribution in [2.24, 2.45) is 0 Å². The fraction of sp³-hybridized carbons (Fsp3) is 0.0333. The zero-order valence-electron chi connectivity index (χ0n) is 71.6. The first-order valence-corrected chi connectivity index (χ1v) is 43.2. The second-order valence-electron chi connectivity index (χ2n) is 33.0. The molecule has 0 saturated carbocycles. The van der Waals surface area contributed by atoms with E-state index in [1.807, 2.05) is 127 Å². The van der Waals surface area contributed by atoms with Crippen molar-refractivity contribution in [2.45, 2.75) is 6.92 Å². The van der Waals surface area contributed by atoms with Crippen LogP contribution in [0.5, 0.6) is 40.2 Å². The molecular formula is C120H80O11. The SMILES string of the molecule is COc1cccc(-c2ccc3ccc4c(C(=O)c5ccccc5O)ccc5ccc2c3c54)c1.COc1cccc(-c2ccc3ccc4ccc(C(=O)c5ccccc5O)c5ccc2c3c45)c1.COc1ccccc1-c1ccc2ccc3ccc(C(=O)c4ccccc4O)c4ccc1c2c34.Cc1ccccc1-c1ccc2ccc3c(C(=O)c4ccccc4O)ccc4ccc1c2c43. The molecule has 24 aromatic rings. The average molecular weight is 1700 g/mol. The summed E-state index contributed by atoms with van der Waals surface area (Å²) in [5.41, 5.74) is 13.8. The van der Waals surface area contributed by atoms with E-state index in [0.29, 0.717) is 44.5 Å². The highest BCUT2D eigenvalue weighted by Gasteiger charge is 2.27. The van der Waals surface area contributed by atoms with E-state index in [-0.39, 0.29) is 46.1 Å². The van der Waals surface area contributed by atoms with E-state index < -0.39 is 0 Å². The fourth-order valence-electron chi connectivity index (χ4n) is 19.5. The van der Waals surface area contributed by atoms with Crippen molar-refractivity contribution in [1.29, 1.82) is 0 Å². The second kappa shape index (κ2) is 33.2. The molecule has 24 rings (SSSR count). The van der Waals surface area contributed by atoms with Crippen LogP contribution in [0.15, 0.2) is 388 Å². The van der Waals surface area contributed by atoms with Gasteiger partial charge in [0.15, 0.2) is 23.1 Å². The van der Waals surface area contributed by atoms with Gasteiger partial charge in [0.05, 0.1) is 43.6 Å². The predicted octanol–water partition coefficient (Wildman–Crippen LogP) is 29.1. The van der Waals surface area contributed by atoms with E-state index in [0.717, 1.165) is 169 Å². The van der Waals surface area contributed by atoms with Gasteiger partial charge in [0.2, 0.25) is 0 Å². The van der Waals surface area contributed by atoms with Gasteiger partial charge >= 0.3 is 0 Å². The summed E-state index contributed by atoms with van der Waals surface area (Å²) in [7, 11) is 5.03. The standard InChI is InChI=1S/3C30H20O3.C30H20O2/c1-33-27-9-5-3-6-21(27)20-14-12-18-10-11-19-13-15-24(23-17-16-22(20)28(18)29(19)23)30(32)25-7-2-4-8-26(25)31;1-33-21-6-4-5-20(17-21)22-13-9-18-11-15-24-25(30(32)26-7-2-3-8-27(26)31)16-12-19-10-14-23(22)28(18)29(19)24;1-33-21-6-4-5-20(17-21)22-13-11-18-9-10-19-12-14-25(24-16-15-23(22)28(18)29(19)24)30(32)26-7-2-3-8-27(26)31;1-18-6-2-3-7-21(18)22-14-10-19-12-16-24-25(30(32)26-8-4-5-9-27(26)31)17-13-20-11-15-23(22)28(19)29(20)24/h3*2-17,31H,1H3;2-17,31H,1H3. The van der Waals surface area contributed by atoms with Crippen LogP contribution >= 0.6 is 0 Å². The quantitative estimate of drug-likeness (QED) is 0.0567. The largest absolute Gasteiger partial charge is 0.507 e. The van der Waals surface area contributed by atoms with E-state index >= 15 is 0 Å². The molecule has 11 nitrogen and oxygen atoms in total. The van der Waals surface area contributed by atoms with E-state index in [1.165, 1.54) is 27.5 Å². The summed E-state index contributed by atoms with van der Waals surface area (Å²) in [6.45, 7) is 2.14. The van der Waals surface area contributed by atoms with Gasteiger partial charge in [-0.05, 0) is 284 Å². The molecule has 0 radical (unpaired) electrons. The number of aryl methyl sites for hydroxylation is 1. The minimum atomic E-state index is -0.184. The smallest absolute Gasteiger partial charge is 0.197 e. The maximum atomic E-state index is 13.4. The third-order valence-electron chi connectivity index (χ3n) is 25.8. The molecule has 11 heteroatoms. The maximum Gasteiger partial charge on any atom is 0.197 e. The molecule has 626 valence electrons. The second-order valence-corrected chi connectivity index (χ2v) is 33.0. The number of phenolic OH excluding ortho intramolecular Hbond substituents is 4. The lowest BCUT2D eigenvalue weighted by molar-refractivity contribution is 0.102. The molecule has 0 amide bonds. The minimum absolute atomic E-state index is 0.00466. The van der Waals surface area contributed by atoms with Crippen molar-refractivity contribution in [2.75, 3.05) is 21.3 Å². The number of ether oxygens (including phenoxy) is 3. The number of rotatable bonds is 15. The van der Waals surface area contributed by atoms with Crippen molar-refractivity contribution in [3.8, 4) is 84.8 Å². The van der Waals surface area contributed by atoms with Gasteiger partial charge in [0.1, 0.15) is 40.2 Å². The molecule has 0 aliphatic carbocycles. The minimum Gasteiger partial charge on any atom is -0.507 e. The molecule has 4 N–H and O–H groups in total. The fourth-order valence-corrected chi connectivity index (χ4v) is 19.5. The van der Waals surface area contributed by atoms with Gasteiger partial charge in [-0.2, -0.15) is 0 Å². The number of methoxy groups -OCH3 is 3. The summed E-state index contributed by atoms with van der Waals surface area (Å²) in [6, 6.07) is 125. The Labute approximate surface area is 752 Å². The first kappa shape index (κ1) is 80.8. The molecule has 0 fully saturated rings. The van der Waals surface area contributed by atoms with Crippen LogP contribution in [0, 0.1) is 6.92 Å². The number of ketones is 4. The Balaban J connectivity index is 0.000000105. The lowest BCUT2D eigenvalue weighted by Crippen LogP contribution is -2.03. The van der Waals surface area contributed by atoms with Gasteiger partial charge in [0.25, 0.3) is 0 Å².